The maximum absolute atomic E-state index is 12.1. The molecule has 0 unspecified atom stereocenters. The van der Waals surface area contributed by atoms with E-state index < -0.39 is 0 Å². The third-order valence-electron chi connectivity index (χ3n) is 3.36. The molecule has 0 aromatic heterocycles. The van der Waals surface area contributed by atoms with Crippen molar-refractivity contribution in [3.05, 3.63) is 22.7 Å². The highest BCUT2D eigenvalue weighted by molar-refractivity contribution is 6.32. The Morgan fingerprint density at radius 3 is 2.81 bits per heavy atom. The smallest absolute Gasteiger partial charge is 0.251 e. The van der Waals surface area contributed by atoms with Gasteiger partial charge in [0.15, 0.2) is 11.5 Å². The van der Waals surface area contributed by atoms with E-state index in [2.05, 4.69) is 10.6 Å². The van der Waals surface area contributed by atoms with Crippen LogP contribution < -0.4 is 20.1 Å². The molecule has 6 heteroatoms. The highest BCUT2D eigenvalue weighted by atomic mass is 35.5. The highest BCUT2D eigenvalue weighted by Gasteiger charge is 2.19. The zero-order valence-electron chi connectivity index (χ0n) is 12.4. The number of amides is 1. The first-order valence-electron chi connectivity index (χ1n) is 7.15. The molecule has 0 saturated carbocycles. The Balaban J connectivity index is 2.08. The summed E-state index contributed by atoms with van der Waals surface area (Å²) in [7, 11) is 1.53. The predicted octanol–water partition coefficient (Wildman–Crippen LogP) is 2.09. The van der Waals surface area contributed by atoms with Gasteiger partial charge in [0.2, 0.25) is 0 Å². The summed E-state index contributed by atoms with van der Waals surface area (Å²) in [5, 5.41) is 6.47. The van der Waals surface area contributed by atoms with Crippen molar-refractivity contribution in [3.8, 4) is 11.5 Å². The number of hydrogen-bond acceptors (Lipinski definition) is 4. The number of carbonyl (C=O) groups is 1. The Bertz CT molecular complexity index is 504. The van der Waals surface area contributed by atoms with Gasteiger partial charge in [-0.3, -0.25) is 4.79 Å². The summed E-state index contributed by atoms with van der Waals surface area (Å²) in [6, 6.07) is 3.27. The van der Waals surface area contributed by atoms with Crippen LogP contribution in [0.25, 0.3) is 0 Å². The van der Waals surface area contributed by atoms with Crippen molar-refractivity contribution in [2.75, 3.05) is 33.4 Å². The van der Waals surface area contributed by atoms with Crippen LogP contribution in [0.5, 0.6) is 11.5 Å². The first kappa shape index (κ1) is 15.9. The Kier molecular flexibility index (Phi) is 5.70. The molecule has 2 rings (SSSR count). The molecule has 0 spiro atoms. The molecule has 2 N–H and O–H groups in total. The van der Waals surface area contributed by atoms with Crippen LogP contribution in [0.3, 0.4) is 0 Å². The zero-order valence-corrected chi connectivity index (χ0v) is 13.1. The number of nitrogens with one attached hydrogen (secondary N) is 2. The van der Waals surface area contributed by atoms with Gasteiger partial charge < -0.3 is 20.1 Å². The van der Waals surface area contributed by atoms with E-state index in [4.69, 9.17) is 21.1 Å². The van der Waals surface area contributed by atoms with Gasteiger partial charge in [0.05, 0.1) is 18.7 Å². The molecule has 0 atom stereocenters. The molecule has 1 aliphatic rings. The molecule has 116 valence electrons. The SMILES string of the molecule is CCCOc1c(Cl)cc(C(=O)NCC2CNC2)cc1OC. The number of hydrogen-bond donors (Lipinski definition) is 2. The largest absolute Gasteiger partial charge is 0.493 e. The van der Waals surface area contributed by atoms with E-state index in [0.29, 0.717) is 41.2 Å². The lowest BCUT2D eigenvalue weighted by Gasteiger charge is -2.27. The summed E-state index contributed by atoms with van der Waals surface area (Å²) in [5.74, 6) is 1.33. The Morgan fingerprint density at radius 2 is 2.24 bits per heavy atom. The molecular weight excluding hydrogens is 292 g/mol. The molecule has 1 aromatic carbocycles. The zero-order chi connectivity index (χ0) is 15.2. The Hall–Kier alpha value is -1.46. The summed E-state index contributed by atoms with van der Waals surface area (Å²) >= 11 is 6.20. The van der Waals surface area contributed by atoms with Crippen molar-refractivity contribution in [2.24, 2.45) is 5.92 Å². The van der Waals surface area contributed by atoms with Gasteiger partial charge in [0, 0.05) is 31.1 Å². The van der Waals surface area contributed by atoms with Gasteiger partial charge in [-0.15, -0.1) is 0 Å². The summed E-state index contributed by atoms with van der Waals surface area (Å²) in [6.07, 6.45) is 0.872. The number of methoxy groups -OCH3 is 1. The Labute approximate surface area is 130 Å². The second-order valence-electron chi connectivity index (χ2n) is 5.07. The summed E-state index contributed by atoms with van der Waals surface area (Å²) in [5.41, 5.74) is 0.480. The average molecular weight is 313 g/mol. The lowest BCUT2D eigenvalue weighted by atomic mass is 10.0. The predicted molar refractivity (Wildman–Crippen MR) is 82.5 cm³/mol. The second kappa shape index (κ2) is 7.52. The average Bonchev–Trinajstić information content (AvgIpc) is 2.43. The minimum absolute atomic E-state index is 0.149. The summed E-state index contributed by atoms with van der Waals surface area (Å²) < 4.78 is 10.8. The van der Waals surface area contributed by atoms with Crippen LogP contribution in [-0.4, -0.2) is 39.3 Å². The first-order chi connectivity index (χ1) is 10.2. The van der Waals surface area contributed by atoms with Crippen LogP contribution in [0.4, 0.5) is 0 Å². The van der Waals surface area contributed by atoms with Gasteiger partial charge in [-0.2, -0.15) is 0 Å². The minimum atomic E-state index is -0.149. The third-order valence-corrected chi connectivity index (χ3v) is 3.64. The second-order valence-corrected chi connectivity index (χ2v) is 5.48. The van der Waals surface area contributed by atoms with Crippen molar-refractivity contribution in [3.63, 3.8) is 0 Å². The van der Waals surface area contributed by atoms with Crippen LogP contribution in [0.1, 0.15) is 23.7 Å². The molecule has 1 aromatic rings. The minimum Gasteiger partial charge on any atom is -0.493 e. The van der Waals surface area contributed by atoms with Crippen LogP contribution >= 0.6 is 11.6 Å². The van der Waals surface area contributed by atoms with Gasteiger partial charge in [0.1, 0.15) is 0 Å². The number of benzene rings is 1. The van der Waals surface area contributed by atoms with E-state index in [-0.39, 0.29) is 5.91 Å². The maximum atomic E-state index is 12.1. The fraction of sp³-hybridized carbons (Fsp3) is 0.533. The lowest BCUT2D eigenvalue weighted by molar-refractivity contribution is 0.0942. The van der Waals surface area contributed by atoms with Crippen LogP contribution in [-0.2, 0) is 0 Å². The van der Waals surface area contributed by atoms with E-state index in [1.807, 2.05) is 6.92 Å². The standard InChI is InChI=1S/C15H21ClN2O3/c1-3-4-21-14-12(16)5-11(6-13(14)20-2)15(19)18-9-10-7-17-8-10/h5-6,10,17H,3-4,7-9H2,1-2H3,(H,18,19). The molecule has 0 radical (unpaired) electrons. The van der Waals surface area contributed by atoms with Crippen LogP contribution in [0.2, 0.25) is 5.02 Å². The molecule has 5 nitrogen and oxygen atoms in total. The van der Waals surface area contributed by atoms with Gasteiger partial charge in [0.25, 0.3) is 5.91 Å². The van der Waals surface area contributed by atoms with E-state index >= 15 is 0 Å². The topological polar surface area (TPSA) is 59.6 Å². The fourth-order valence-corrected chi connectivity index (χ4v) is 2.29. The number of ether oxygens (including phenoxy) is 2. The molecule has 0 aliphatic carbocycles. The van der Waals surface area contributed by atoms with Gasteiger partial charge in [-0.05, 0) is 18.6 Å². The summed E-state index contributed by atoms with van der Waals surface area (Å²) in [4.78, 5) is 12.1. The molecule has 1 saturated heterocycles. The van der Waals surface area contributed by atoms with E-state index in [1.54, 1.807) is 12.1 Å². The van der Waals surface area contributed by atoms with Gasteiger partial charge >= 0.3 is 0 Å². The van der Waals surface area contributed by atoms with Crippen molar-refractivity contribution in [1.29, 1.82) is 0 Å². The highest BCUT2D eigenvalue weighted by Crippen LogP contribution is 2.36. The fourth-order valence-electron chi connectivity index (χ4n) is 2.03. The number of carbonyl (C=O) groups excluding carboxylic acids is 1. The molecule has 1 fully saturated rings. The van der Waals surface area contributed by atoms with Crippen LogP contribution in [0.15, 0.2) is 12.1 Å². The molecule has 21 heavy (non-hydrogen) atoms. The van der Waals surface area contributed by atoms with E-state index in [9.17, 15) is 4.79 Å². The van der Waals surface area contributed by atoms with E-state index in [1.165, 1.54) is 7.11 Å². The molecule has 0 bridgehead atoms. The number of rotatable bonds is 7. The van der Waals surface area contributed by atoms with Crippen molar-refractivity contribution < 1.29 is 14.3 Å². The molecule has 1 aliphatic heterocycles. The van der Waals surface area contributed by atoms with Crippen molar-refractivity contribution >= 4 is 17.5 Å². The molecule has 1 heterocycles. The van der Waals surface area contributed by atoms with Crippen molar-refractivity contribution in [1.82, 2.24) is 10.6 Å². The number of halogens is 1. The maximum Gasteiger partial charge on any atom is 0.251 e. The third kappa shape index (κ3) is 4.02. The van der Waals surface area contributed by atoms with Crippen LogP contribution in [0, 0.1) is 5.92 Å². The molecular formula is C15H21ClN2O3. The van der Waals surface area contributed by atoms with E-state index in [0.717, 1.165) is 19.5 Å². The normalized spacial score (nSPS) is 14.4. The first-order valence-corrected chi connectivity index (χ1v) is 7.52. The van der Waals surface area contributed by atoms with Gasteiger partial charge in [-0.25, -0.2) is 0 Å². The Morgan fingerprint density at radius 1 is 1.48 bits per heavy atom. The quantitative estimate of drug-likeness (QED) is 0.809. The lowest BCUT2D eigenvalue weighted by Crippen LogP contribution is -2.48. The van der Waals surface area contributed by atoms with Crippen molar-refractivity contribution in [2.45, 2.75) is 13.3 Å². The molecule has 1 amide bonds. The van der Waals surface area contributed by atoms with Gasteiger partial charge in [-0.1, -0.05) is 18.5 Å². The monoisotopic (exact) mass is 312 g/mol. The summed E-state index contributed by atoms with van der Waals surface area (Å²) in [6.45, 7) is 5.13.